The summed E-state index contributed by atoms with van der Waals surface area (Å²) >= 11 is 0. The zero-order valence-corrected chi connectivity index (χ0v) is 12.1. The number of Topliss-reactive ketones (excluding diaryl/α,β-unsaturated/α-hetero) is 1. The molecule has 2 rings (SSSR count). The van der Waals surface area contributed by atoms with E-state index < -0.39 is 5.41 Å². The highest BCUT2D eigenvalue weighted by Gasteiger charge is 2.36. The fraction of sp³-hybridized carbons (Fsp3) is 0.467. The second-order valence-electron chi connectivity index (χ2n) is 5.68. The van der Waals surface area contributed by atoms with Crippen LogP contribution in [0.3, 0.4) is 0 Å². The van der Waals surface area contributed by atoms with Crippen molar-refractivity contribution in [1.29, 1.82) is 0 Å². The summed E-state index contributed by atoms with van der Waals surface area (Å²) in [6.07, 6.45) is 0.294. The lowest BCUT2D eigenvalue weighted by Gasteiger charge is -2.24. The van der Waals surface area contributed by atoms with E-state index in [2.05, 4.69) is 0 Å². The lowest BCUT2D eigenvalue weighted by atomic mass is 9.93. The third-order valence-electron chi connectivity index (χ3n) is 3.49. The Hall–Kier alpha value is -1.88. The van der Waals surface area contributed by atoms with Gasteiger partial charge in [0, 0.05) is 19.0 Å². The molecule has 5 nitrogen and oxygen atoms in total. The Morgan fingerprint density at radius 2 is 2.15 bits per heavy atom. The normalized spacial score (nSPS) is 17.2. The topological polar surface area (TPSA) is 72.6 Å². The summed E-state index contributed by atoms with van der Waals surface area (Å²) in [7, 11) is 1.70. The van der Waals surface area contributed by atoms with Gasteiger partial charge in [-0.25, -0.2) is 0 Å². The summed E-state index contributed by atoms with van der Waals surface area (Å²) in [6.45, 7) is 4.32. The van der Waals surface area contributed by atoms with Crippen molar-refractivity contribution in [3.63, 3.8) is 0 Å². The smallest absolute Gasteiger partial charge is 0.235 e. The molecule has 0 saturated carbocycles. The van der Waals surface area contributed by atoms with E-state index in [1.165, 1.54) is 0 Å². The van der Waals surface area contributed by atoms with E-state index >= 15 is 0 Å². The molecule has 20 heavy (non-hydrogen) atoms. The maximum Gasteiger partial charge on any atom is 0.235 e. The van der Waals surface area contributed by atoms with Crippen molar-refractivity contribution in [3.05, 3.63) is 23.8 Å². The lowest BCUT2D eigenvalue weighted by molar-refractivity contribution is -0.127. The molecule has 0 atom stereocenters. The molecule has 0 saturated heterocycles. The molecule has 1 aromatic carbocycles. The number of nitrogens with zero attached hydrogens (tertiary/aromatic N) is 1. The van der Waals surface area contributed by atoms with Gasteiger partial charge in [-0.05, 0) is 38.6 Å². The number of amides is 1. The van der Waals surface area contributed by atoms with Crippen LogP contribution in [0.4, 0.5) is 5.69 Å². The molecular weight excluding hydrogens is 256 g/mol. The van der Waals surface area contributed by atoms with Crippen molar-refractivity contribution in [2.45, 2.75) is 20.3 Å². The molecule has 108 valence electrons. The average Bonchev–Trinajstić information content (AvgIpc) is 2.50. The Morgan fingerprint density at radius 1 is 1.45 bits per heavy atom. The summed E-state index contributed by atoms with van der Waals surface area (Å²) in [5, 5.41) is 0. The fourth-order valence-electron chi connectivity index (χ4n) is 2.23. The van der Waals surface area contributed by atoms with Crippen LogP contribution in [-0.2, 0) is 4.79 Å². The molecule has 1 heterocycles. The predicted molar refractivity (Wildman–Crippen MR) is 77.1 cm³/mol. The number of ketones is 1. The van der Waals surface area contributed by atoms with Gasteiger partial charge in [0.25, 0.3) is 0 Å². The molecule has 0 aliphatic carbocycles. The number of carbonyl (C=O) groups is 2. The average molecular weight is 276 g/mol. The van der Waals surface area contributed by atoms with E-state index in [-0.39, 0.29) is 11.7 Å². The molecule has 0 unspecified atom stereocenters. The van der Waals surface area contributed by atoms with Crippen LogP contribution in [-0.4, -0.2) is 31.9 Å². The molecule has 2 N–H and O–H groups in total. The standard InChI is InChI=1S/C15H20N2O3/c1-15(2)9-20-13-5-4-10(12(18)6-7-16)8-11(13)17(3)14(15)19/h4-5,8H,6-7,9,16H2,1-3H3. The molecule has 1 aliphatic heterocycles. The first-order chi connectivity index (χ1) is 9.36. The summed E-state index contributed by atoms with van der Waals surface area (Å²) in [4.78, 5) is 25.8. The molecule has 1 amide bonds. The number of fused-ring (bicyclic) bond motifs is 1. The van der Waals surface area contributed by atoms with Gasteiger partial charge >= 0.3 is 0 Å². The largest absolute Gasteiger partial charge is 0.490 e. The van der Waals surface area contributed by atoms with Crippen molar-refractivity contribution >= 4 is 17.4 Å². The van der Waals surface area contributed by atoms with Crippen LogP contribution in [0.5, 0.6) is 5.75 Å². The summed E-state index contributed by atoms with van der Waals surface area (Å²) in [5.74, 6) is 0.565. The number of hydrogen-bond acceptors (Lipinski definition) is 4. The first kappa shape index (κ1) is 14.5. The third-order valence-corrected chi connectivity index (χ3v) is 3.49. The van der Waals surface area contributed by atoms with E-state index in [4.69, 9.17) is 10.5 Å². The minimum absolute atomic E-state index is 0.0281. The van der Waals surface area contributed by atoms with Gasteiger partial charge in [0.2, 0.25) is 5.91 Å². The Kier molecular flexibility index (Phi) is 3.81. The zero-order valence-electron chi connectivity index (χ0n) is 12.1. The molecule has 0 radical (unpaired) electrons. The number of carbonyl (C=O) groups excluding carboxylic acids is 2. The van der Waals surface area contributed by atoms with Crippen LogP contribution < -0.4 is 15.4 Å². The number of anilines is 1. The van der Waals surface area contributed by atoms with E-state index in [0.717, 1.165) is 0 Å². The van der Waals surface area contributed by atoms with E-state index in [0.29, 0.717) is 36.6 Å². The van der Waals surface area contributed by atoms with Crippen LogP contribution in [0.2, 0.25) is 0 Å². The van der Waals surface area contributed by atoms with Crippen LogP contribution in [0.15, 0.2) is 18.2 Å². The monoisotopic (exact) mass is 276 g/mol. The summed E-state index contributed by atoms with van der Waals surface area (Å²) in [5.41, 5.74) is 6.00. The third kappa shape index (κ3) is 2.54. The highest BCUT2D eigenvalue weighted by atomic mass is 16.5. The van der Waals surface area contributed by atoms with Crippen molar-refractivity contribution in [1.82, 2.24) is 0 Å². The maximum absolute atomic E-state index is 12.4. The number of hydrogen-bond donors (Lipinski definition) is 1. The molecule has 0 fully saturated rings. The van der Waals surface area contributed by atoms with Crippen LogP contribution >= 0.6 is 0 Å². The Labute approximate surface area is 118 Å². The van der Waals surface area contributed by atoms with Crippen molar-refractivity contribution in [3.8, 4) is 5.75 Å². The Morgan fingerprint density at radius 3 is 2.80 bits per heavy atom. The Balaban J connectivity index is 2.42. The van der Waals surface area contributed by atoms with E-state index in [1.807, 2.05) is 13.8 Å². The number of nitrogens with two attached hydrogens (primary N) is 1. The maximum atomic E-state index is 12.4. The van der Waals surface area contributed by atoms with E-state index in [1.54, 1.807) is 30.1 Å². The van der Waals surface area contributed by atoms with Crippen molar-refractivity contribution in [2.75, 3.05) is 25.1 Å². The summed E-state index contributed by atoms with van der Waals surface area (Å²) in [6, 6.07) is 5.16. The van der Waals surface area contributed by atoms with Crippen LogP contribution in [0.1, 0.15) is 30.6 Å². The fourth-order valence-corrected chi connectivity index (χ4v) is 2.23. The molecule has 0 spiro atoms. The first-order valence-electron chi connectivity index (χ1n) is 6.65. The second kappa shape index (κ2) is 5.25. The van der Waals surface area contributed by atoms with Gasteiger partial charge in [-0.1, -0.05) is 0 Å². The highest BCUT2D eigenvalue weighted by Crippen LogP contribution is 2.36. The minimum Gasteiger partial charge on any atom is -0.490 e. The molecular formula is C15H20N2O3. The zero-order chi connectivity index (χ0) is 14.9. The predicted octanol–water partition coefficient (Wildman–Crippen LogP) is 1.60. The van der Waals surface area contributed by atoms with Gasteiger partial charge in [-0.2, -0.15) is 0 Å². The number of rotatable bonds is 3. The highest BCUT2D eigenvalue weighted by molar-refractivity contribution is 6.02. The van der Waals surface area contributed by atoms with Gasteiger partial charge in [0.05, 0.1) is 11.1 Å². The first-order valence-corrected chi connectivity index (χ1v) is 6.65. The van der Waals surface area contributed by atoms with Gasteiger partial charge in [-0.15, -0.1) is 0 Å². The van der Waals surface area contributed by atoms with Crippen LogP contribution in [0.25, 0.3) is 0 Å². The van der Waals surface area contributed by atoms with Gasteiger partial charge in [0.1, 0.15) is 12.4 Å². The minimum atomic E-state index is -0.588. The Bertz CT molecular complexity index is 552. The number of benzene rings is 1. The van der Waals surface area contributed by atoms with E-state index in [9.17, 15) is 9.59 Å². The summed E-state index contributed by atoms with van der Waals surface area (Å²) < 4.78 is 5.70. The van der Waals surface area contributed by atoms with Gasteiger partial charge in [0.15, 0.2) is 5.78 Å². The quantitative estimate of drug-likeness (QED) is 0.851. The molecule has 0 aromatic heterocycles. The number of ether oxygens (including phenoxy) is 1. The molecule has 5 heteroatoms. The lowest BCUT2D eigenvalue weighted by Crippen LogP contribution is -2.39. The SMILES string of the molecule is CN1C(=O)C(C)(C)COc2ccc(C(=O)CCN)cc21. The molecule has 1 aliphatic rings. The second-order valence-corrected chi connectivity index (χ2v) is 5.68. The molecule has 1 aromatic rings. The van der Waals surface area contributed by atoms with Gasteiger partial charge in [-0.3, -0.25) is 9.59 Å². The van der Waals surface area contributed by atoms with Crippen molar-refractivity contribution < 1.29 is 14.3 Å². The molecule has 0 bridgehead atoms. The van der Waals surface area contributed by atoms with Crippen molar-refractivity contribution in [2.24, 2.45) is 11.1 Å². The van der Waals surface area contributed by atoms with Gasteiger partial charge < -0.3 is 15.4 Å². The van der Waals surface area contributed by atoms with Crippen LogP contribution in [0, 0.1) is 5.41 Å².